The van der Waals surface area contributed by atoms with Gasteiger partial charge in [-0.1, -0.05) is 41.9 Å². The van der Waals surface area contributed by atoms with Gasteiger partial charge in [-0.2, -0.15) is 0 Å². The van der Waals surface area contributed by atoms with E-state index in [0.717, 1.165) is 10.8 Å². The first-order valence-corrected chi connectivity index (χ1v) is 7.63. The third-order valence-electron chi connectivity index (χ3n) is 3.22. The van der Waals surface area contributed by atoms with E-state index in [0.29, 0.717) is 17.3 Å². The average Bonchev–Trinajstić information content (AvgIpc) is 2.45. The Balaban J connectivity index is 2.38. The average molecular weight is 321 g/mol. The molecule has 0 atom stereocenters. The number of hydrogen-bond donors (Lipinski definition) is 1. The number of amides is 1. The summed E-state index contributed by atoms with van der Waals surface area (Å²) in [6, 6.07) is 11.7. The summed E-state index contributed by atoms with van der Waals surface area (Å²) < 4.78 is 5.11. The Morgan fingerprint density at radius 1 is 1.23 bits per heavy atom. The third-order valence-corrected chi connectivity index (χ3v) is 3.62. The monoisotopic (exact) mass is 320 g/mol. The van der Waals surface area contributed by atoms with Crippen molar-refractivity contribution >= 4 is 34.2 Å². The number of halogens is 1. The minimum atomic E-state index is -0.457. The fraction of sp³-hybridized carbons (Fsp3) is 0.353. The van der Waals surface area contributed by atoms with Crippen molar-refractivity contribution < 1.29 is 9.53 Å². The summed E-state index contributed by atoms with van der Waals surface area (Å²) in [7, 11) is 0. The van der Waals surface area contributed by atoms with Gasteiger partial charge in [0, 0.05) is 5.39 Å². The van der Waals surface area contributed by atoms with Crippen molar-refractivity contribution in [1.29, 1.82) is 0 Å². The largest absolute Gasteiger partial charge is 0.448 e. The molecule has 5 heteroatoms. The van der Waals surface area contributed by atoms with Gasteiger partial charge in [-0.25, -0.2) is 9.80 Å². The van der Waals surface area contributed by atoms with Crippen molar-refractivity contribution in [3.8, 4) is 0 Å². The first kappa shape index (κ1) is 16.4. The summed E-state index contributed by atoms with van der Waals surface area (Å²) in [6.07, 6.45) is -0.431. The molecule has 2 aromatic carbocycles. The SMILES string of the molecule is CCOC(=O)N(Nc1ccc2ccccc2c1Cl)C(C)(C)C. The number of fused-ring (bicyclic) bond motifs is 1. The molecule has 1 N–H and O–H groups in total. The molecule has 118 valence electrons. The van der Waals surface area contributed by atoms with E-state index in [4.69, 9.17) is 16.3 Å². The van der Waals surface area contributed by atoms with Crippen molar-refractivity contribution in [2.24, 2.45) is 0 Å². The number of ether oxygens (including phenoxy) is 1. The van der Waals surface area contributed by atoms with E-state index >= 15 is 0 Å². The topological polar surface area (TPSA) is 41.6 Å². The van der Waals surface area contributed by atoms with Crippen LogP contribution in [0.15, 0.2) is 36.4 Å². The highest BCUT2D eigenvalue weighted by molar-refractivity contribution is 6.38. The predicted octanol–water partition coefficient (Wildman–Crippen LogP) is 5.08. The fourth-order valence-corrected chi connectivity index (χ4v) is 2.39. The molecule has 0 heterocycles. The van der Waals surface area contributed by atoms with Crippen LogP contribution in [0.2, 0.25) is 5.02 Å². The zero-order valence-corrected chi connectivity index (χ0v) is 14.1. The lowest BCUT2D eigenvalue weighted by molar-refractivity contribution is 0.0846. The zero-order chi connectivity index (χ0) is 16.3. The lowest BCUT2D eigenvalue weighted by Gasteiger charge is -2.35. The van der Waals surface area contributed by atoms with Gasteiger partial charge in [0.15, 0.2) is 0 Å². The van der Waals surface area contributed by atoms with Crippen LogP contribution in [-0.2, 0) is 4.74 Å². The van der Waals surface area contributed by atoms with E-state index in [2.05, 4.69) is 5.43 Å². The van der Waals surface area contributed by atoms with Crippen LogP contribution in [-0.4, -0.2) is 23.2 Å². The van der Waals surface area contributed by atoms with Crippen LogP contribution in [0.3, 0.4) is 0 Å². The molecule has 0 saturated heterocycles. The van der Waals surface area contributed by atoms with Crippen LogP contribution in [0.25, 0.3) is 10.8 Å². The number of benzene rings is 2. The maximum Gasteiger partial charge on any atom is 0.429 e. The predicted molar refractivity (Wildman–Crippen MR) is 91.2 cm³/mol. The van der Waals surface area contributed by atoms with Gasteiger partial charge in [0.1, 0.15) is 0 Å². The highest BCUT2D eigenvalue weighted by Crippen LogP contribution is 2.32. The van der Waals surface area contributed by atoms with Gasteiger partial charge < -0.3 is 4.74 Å². The second-order valence-electron chi connectivity index (χ2n) is 5.97. The Kier molecular flexibility index (Phi) is 4.81. The summed E-state index contributed by atoms with van der Waals surface area (Å²) in [5.74, 6) is 0. The highest BCUT2D eigenvalue weighted by atomic mass is 35.5. The number of carbonyl (C=O) groups excluding carboxylic acids is 1. The maximum atomic E-state index is 12.2. The molecule has 2 aromatic rings. The Labute approximate surface area is 136 Å². The van der Waals surface area contributed by atoms with Gasteiger partial charge in [-0.3, -0.25) is 5.43 Å². The van der Waals surface area contributed by atoms with Crippen LogP contribution in [0, 0.1) is 0 Å². The summed E-state index contributed by atoms with van der Waals surface area (Å²) in [5.41, 5.74) is 3.30. The lowest BCUT2D eigenvalue weighted by Crippen LogP contribution is -2.49. The van der Waals surface area contributed by atoms with Crippen LogP contribution < -0.4 is 5.43 Å². The number of nitrogens with one attached hydrogen (secondary N) is 1. The van der Waals surface area contributed by atoms with Gasteiger partial charge in [-0.05, 0) is 39.1 Å². The van der Waals surface area contributed by atoms with Crippen molar-refractivity contribution in [2.75, 3.05) is 12.0 Å². The second kappa shape index (κ2) is 6.44. The van der Waals surface area contributed by atoms with Gasteiger partial charge in [0.25, 0.3) is 0 Å². The van der Waals surface area contributed by atoms with E-state index in [1.807, 2.05) is 57.2 Å². The van der Waals surface area contributed by atoms with Gasteiger partial charge in [-0.15, -0.1) is 0 Å². The van der Waals surface area contributed by atoms with Gasteiger partial charge in [0.2, 0.25) is 0 Å². The normalized spacial score (nSPS) is 11.3. The molecule has 0 aromatic heterocycles. The summed E-state index contributed by atoms with van der Waals surface area (Å²) in [6.45, 7) is 7.86. The van der Waals surface area contributed by atoms with Crippen molar-refractivity contribution in [2.45, 2.75) is 33.2 Å². The van der Waals surface area contributed by atoms with E-state index in [1.165, 1.54) is 5.01 Å². The Morgan fingerprint density at radius 3 is 2.55 bits per heavy atom. The van der Waals surface area contributed by atoms with E-state index in [-0.39, 0.29) is 0 Å². The molecule has 22 heavy (non-hydrogen) atoms. The molecule has 2 rings (SSSR count). The van der Waals surface area contributed by atoms with Crippen molar-refractivity contribution in [1.82, 2.24) is 5.01 Å². The standard InChI is InChI=1S/C17H21ClN2O2/c1-5-22-16(21)20(17(2,3)4)19-14-11-10-12-8-6-7-9-13(12)15(14)18/h6-11,19H,5H2,1-4H3. The Bertz CT molecular complexity index is 680. The smallest absolute Gasteiger partial charge is 0.429 e. The molecule has 0 spiro atoms. The van der Waals surface area contributed by atoms with Gasteiger partial charge >= 0.3 is 6.09 Å². The minimum absolute atomic E-state index is 0.318. The molecule has 0 unspecified atom stereocenters. The van der Waals surface area contributed by atoms with Crippen LogP contribution in [0.5, 0.6) is 0 Å². The summed E-state index contributed by atoms with van der Waals surface area (Å²) in [4.78, 5) is 12.2. The maximum absolute atomic E-state index is 12.2. The molecule has 0 saturated carbocycles. The zero-order valence-electron chi connectivity index (χ0n) is 13.3. The Morgan fingerprint density at radius 2 is 1.91 bits per heavy atom. The molecule has 0 aliphatic carbocycles. The number of hydrogen-bond acceptors (Lipinski definition) is 3. The molecule has 4 nitrogen and oxygen atoms in total. The molecular weight excluding hydrogens is 300 g/mol. The summed E-state index contributed by atoms with van der Waals surface area (Å²) in [5, 5.41) is 4.02. The minimum Gasteiger partial charge on any atom is -0.448 e. The number of rotatable bonds is 3. The van der Waals surface area contributed by atoms with Crippen LogP contribution in [0.1, 0.15) is 27.7 Å². The molecule has 1 amide bonds. The summed E-state index contributed by atoms with van der Waals surface area (Å²) >= 11 is 6.48. The number of anilines is 1. The molecule has 0 bridgehead atoms. The van der Waals surface area contributed by atoms with Crippen molar-refractivity contribution in [3.05, 3.63) is 41.4 Å². The first-order valence-electron chi connectivity index (χ1n) is 7.25. The number of nitrogens with zero attached hydrogens (tertiary/aromatic N) is 1. The fourth-order valence-electron chi connectivity index (χ4n) is 2.12. The van der Waals surface area contributed by atoms with E-state index in [9.17, 15) is 4.79 Å². The third kappa shape index (κ3) is 3.45. The van der Waals surface area contributed by atoms with Gasteiger partial charge in [0.05, 0.1) is 22.9 Å². The Hall–Kier alpha value is -1.94. The molecule has 0 aliphatic heterocycles. The van der Waals surface area contributed by atoms with E-state index < -0.39 is 11.6 Å². The van der Waals surface area contributed by atoms with Crippen molar-refractivity contribution in [3.63, 3.8) is 0 Å². The second-order valence-corrected chi connectivity index (χ2v) is 6.34. The molecule has 0 radical (unpaired) electrons. The number of carbonyl (C=O) groups is 1. The first-order chi connectivity index (χ1) is 10.3. The molecule has 0 fully saturated rings. The van der Waals surface area contributed by atoms with Crippen LogP contribution in [0.4, 0.5) is 10.5 Å². The molecular formula is C17H21ClN2O2. The highest BCUT2D eigenvalue weighted by Gasteiger charge is 2.28. The number of hydrazine groups is 1. The lowest BCUT2D eigenvalue weighted by atomic mass is 10.1. The molecule has 0 aliphatic rings. The van der Waals surface area contributed by atoms with E-state index in [1.54, 1.807) is 6.92 Å². The quantitative estimate of drug-likeness (QED) is 0.802. The van der Waals surface area contributed by atoms with Crippen LogP contribution >= 0.6 is 11.6 Å².